The molecule has 7 nitrogen and oxygen atoms in total. The Hall–Kier alpha value is -2.49. The molecule has 1 fully saturated rings. The fourth-order valence-electron chi connectivity index (χ4n) is 3.26. The van der Waals surface area contributed by atoms with Crippen molar-refractivity contribution in [2.45, 2.75) is 18.4 Å². The Morgan fingerprint density at radius 1 is 1.10 bits per heavy atom. The van der Waals surface area contributed by atoms with E-state index in [2.05, 4.69) is 10.2 Å². The predicted molar refractivity (Wildman–Crippen MR) is 108 cm³/mol. The molecule has 0 spiro atoms. The fourth-order valence-corrected chi connectivity index (χ4v) is 4.68. The molecule has 9 heteroatoms. The number of amides is 1. The van der Waals surface area contributed by atoms with Crippen molar-refractivity contribution < 1.29 is 22.3 Å². The Bertz CT molecular complexity index is 972. The highest BCUT2D eigenvalue weighted by atomic mass is 32.2. The Balaban J connectivity index is 1.60. The molecule has 0 bridgehead atoms. The summed E-state index contributed by atoms with van der Waals surface area (Å²) in [5.41, 5.74) is 1.36. The SMILES string of the molecule is COc1ccc(CN2CCN(S(=O)(=O)c3ccc(NC(C)=O)cc3)CC2)cc1F. The van der Waals surface area contributed by atoms with E-state index in [1.165, 1.54) is 36.5 Å². The maximum absolute atomic E-state index is 13.9. The van der Waals surface area contributed by atoms with Gasteiger partial charge in [0.2, 0.25) is 15.9 Å². The normalized spacial score (nSPS) is 15.8. The van der Waals surface area contributed by atoms with Gasteiger partial charge in [-0.25, -0.2) is 12.8 Å². The highest BCUT2D eigenvalue weighted by Gasteiger charge is 2.28. The predicted octanol–water partition coefficient (Wildman–Crippen LogP) is 2.30. The van der Waals surface area contributed by atoms with Gasteiger partial charge in [0.15, 0.2) is 11.6 Å². The number of hydrogen-bond acceptors (Lipinski definition) is 5. The molecule has 0 aromatic heterocycles. The average Bonchev–Trinajstić information content (AvgIpc) is 2.68. The summed E-state index contributed by atoms with van der Waals surface area (Å²) in [6.07, 6.45) is 0. The second-order valence-corrected chi connectivity index (χ2v) is 8.79. The van der Waals surface area contributed by atoms with Crippen LogP contribution in [0.2, 0.25) is 0 Å². The Morgan fingerprint density at radius 3 is 2.31 bits per heavy atom. The van der Waals surface area contributed by atoms with Crippen LogP contribution in [0.25, 0.3) is 0 Å². The number of hydrogen-bond donors (Lipinski definition) is 1. The van der Waals surface area contributed by atoms with Crippen LogP contribution < -0.4 is 10.1 Å². The average molecular weight is 421 g/mol. The van der Waals surface area contributed by atoms with Gasteiger partial charge in [0.05, 0.1) is 12.0 Å². The van der Waals surface area contributed by atoms with Crippen LogP contribution in [0.5, 0.6) is 5.75 Å². The number of sulfonamides is 1. The number of halogens is 1. The van der Waals surface area contributed by atoms with Crippen molar-refractivity contribution in [1.82, 2.24) is 9.21 Å². The molecule has 2 aromatic rings. The Labute approximate surface area is 170 Å². The van der Waals surface area contributed by atoms with E-state index in [9.17, 15) is 17.6 Å². The van der Waals surface area contributed by atoms with Crippen LogP contribution >= 0.6 is 0 Å². The molecule has 0 unspecified atom stereocenters. The van der Waals surface area contributed by atoms with Crippen LogP contribution in [0, 0.1) is 5.82 Å². The maximum Gasteiger partial charge on any atom is 0.243 e. The molecule has 0 radical (unpaired) electrons. The topological polar surface area (TPSA) is 79.0 Å². The maximum atomic E-state index is 13.9. The number of methoxy groups -OCH3 is 1. The number of nitrogens with one attached hydrogen (secondary N) is 1. The van der Waals surface area contributed by atoms with E-state index in [1.54, 1.807) is 18.2 Å². The monoisotopic (exact) mass is 421 g/mol. The minimum absolute atomic E-state index is 0.192. The molecular weight excluding hydrogens is 397 g/mol. The molecule has 1 amide bonds. The lowest BCUT2D eigenvalue weighted by Crippen LogP contribution is -2.48. The molecule has 3 rings (SSSR count). The van der Waals surface area contributed by atoms with Crippen LogP contribution in [-0.4, -0.2) is 56.8 Å². The molecule has 0 aliphatic carbocycles. The molecule has 2 aromatic carbocycles. The minimum Gasteiger partial charge on any atom is -0.494 e. The van der Waals surface area contributed by atoms with Crippen molar-refractivity contribution in [2.24, 2.45) is 0 Å². The summed E-state index contributed by atoms with van der Waals surface area (Å²) >= 11 is 0. The summed E-state index contributed by atoms with van der Waals surface area (Å²) in [6.45, 7) is 3.75. The molecule has 156 valence electrons. The number of anilines is 1. The number of nitrogens with zero attached hydrogens (tertiary/aromatic N) is 2. The van der Waals surface area contributed by atoms with Gasteiger partial charge in [0, 0.05) is 45.3 Å². The number of ether oxygens (including phenoxy) is 1. The van der Waals surface area contributed by atoms with Crippen molar-refractivity contribution in [3.8, 4) is 5.75 Å². The van der Waals surface area contributed by atoms with Gasteiger partial charge in [-0.2, -0.15) is 4.31 Å². The van der Waals surface area contributed by atoms with Crippen LogP contribution in [0.1, 0.15) is 12.5 Å². The van der Waals surface area contributed by atoms with E-state index in [4.69, 9.17) is 4.74 Å². The largest absolute Gasteiger partial charge is 0.494 e. The first-order valence-electron chi connectivity index (χ1n) is 9.22. The van der Waals surface area contributed by atoms with Gasteiger partial charge in [0.25, 0.3) is 0 Å². The first-order valence-corrected chi connectivity index (χ1v) is 10.7. The number of carbonyl (C=O) groups is 1. The lowest BCUT2D eigenvalue weighted by Gasteiger charge is -2.34. The van der Waals surface area contributed by atoms with Crippen molar-refractivity contribution in [1.29, 1.82) is 0 Å². The molecule has 0 saturated carbocycles. The van der Waals surface area contributed by atoms with Gasteiger partial charge in [0.1, 0.15) is 0 Å². The molecule has 1 aliphatic rings. The van der Waals surface area contributed by atoms with Crippen molar-refractivity contribution in [2.75, 3.05) is 38.6 Å². The van der Waals surface area contributed by atoms with E-state index >= 15 is 0 Å². The van der Waals surface area contributed by atoms with Crippen molar-refractivity contribution in [3.05, 3.63) is 53.8 Å². The van der Waals surface area contributed by atoms with Gasteiger partial charge in [-0.15, -0.1) is 0 Å². The molecule has 0 atom stereocenters. The highest BCUT2D eigenvalue weighted by Crippen LogP contribution is 2.22. The quantitative estimate of drug-likeness (QED) is 0.774. The number of benzene rings is 2. The van der Waals surface area contributed by atoms with Gasteiger partial charge in [-0.05, 0) is 42.0 Å². The van der Waals surface area contributed by atoms with Crippen LogP contribution in [0.4, 0.5) is 10.1 Å². The Morgan fingerprint density at radius 2 is 1.76 bits per heavy atom. The van der Waals surface area contributed by atoms with Gasteiger partial charge < -0.3 is 10.1 Å². The van der Waals surface area contributed by atoms with E-state index in [0.717, 1.165) is 5.56 Å². The van der Waals surface area contributed by atoms with Gasteiger partial charge in [-0.3, -0.25) is 9.69 Å². The standard InChI is InChI=1S/C20H24FN3O4S/c1-15(25)22-17-4-6-18(7-5-17)29(26,27)24-11-9-23(10-12-24)14-16-3-8-20(28-2)19(21)13-16/h3-8,13H,9-12,14H2,1-2H3,(H,22,25). The smallest absolute Gasteiger partial charge is 0.243 e. The van der Waals surface area contributed by atoms with Gasteiger partial charge >= 0.3 is 0 Å². The third-order valence-corrected chi connectivity index (χ3v) is 6.68. The first-order chi connectivity index (χ1) is 13.8. The molecule has 29 heavy (non-hydrogen) atoms. The highest BCUT2D eigenvalue weighted by molar-refractivity contribution is 7.89. The summed E-state index contributed by atoms with van der Waals surface area (Å²) in [6, 6.07) is 11.0. The first kappa shape index (κ1) is 21.2. The lowest BCUT2D eigenvalue weighted by molar-refractivity contribution is -0.114. The van der Waals surface area contributed by atoms with Crippen molar-refractivity contribution >= 4 is 21.6 Å². The second-order valence-electron chi connectivity index (χ2n) is 6.85. The molecule has 1 saturated heterocycles. The number of rotatable bonds is 6. The van der Waals surface area contributed by atoms with Crippen LogP contribution in [0.15, 0.2) is 47.4 Å². The van der Waals surface area contributed by atoms with E-state index in [0.29, 0.717) is 38.4 Å². The van der Waals surface area contributed by atoms with Crippen LogP contribution in [-0.2, 0) is 21.4 Å². The summed E-state index contributed by atoms with van der Waals surface area (Å²) in [5.74, 6) is -0.420. The zero-order chi connectivity index (χ0) is 21.0. The zero-order valence-electron chi connectivity index (χ0n) is 16.4. The summed E-state index contributed by atoms with van der Waals surface area (Å²) in [5, 5.41) is 2.61. The summed E-state index contributed by atoms with van der Waals surface area (Å²) in [4.78, 5) is 13.4. The number of piperazine rings is 1. The van der Waals surface area contributed by atoms with E-state index in [1.807, 2.05) is 6.07 Å². The molecule has 1 N–H and O–H groups in total. The van der Waals surface area contributed by atoms with E-state index < -0.39 is 15.8 Å². The molecule has 1 heterocycles. The fraction of sp³-hybridized carbons (Fsp3) is 0.350. The van der Waals surface area contributed by atoms with Crippen LogP contribution in [0.3, 0.4) is 0 Å². The Kier molecular flexibility index (Phi) is 6.51. The van der Waals surface area contributed by atoms with E-state index in [-0.39, 0.29) is 16.6 Å². The third-order valence-electron chi connectivity index (χ3n) is 4.77. The molecular formula is C20H24FN3O4S. The summed E-state index contributed by atoms with van der Waals surface area (Å²) in [7, 11) is -2.18. The summed E-state index contributed by atoms with van der Waals surface area (Å²) < 4.78 is 45.9. The van der Waals surface area contributed by atoms with Crippen molar-refractivity contribution in [3.63, 3.8) is 0 Å². The lowest BCUT2D eigenvalue weighted by atomic mass is 10.2. The molecule has 1 aliphatic heterocycles. The number of carbonyl (C=O) groups excluding carboxylic acids is 1. The zero-order valence-corrected chi connectivity index (χ0v) is 17.2. The third kappa shape index (κ3) is 5.11. The van der Waals surface area contributed by atoms with Gasteiger partial charge in [-0.1, -0.05) is 6.07 Å². The minimum atomic E-state index is -3.60. The second kappa shape index (κ2) is 8.89.